The third kappa shape index (κ3) is 4.78. The first-order valence-corrected chi connectivity index (χ1v) is 10.2. The van der Waals surface area contributed by atoms with E-state index >= 15 is 0 Å². The first-order valence-electron chi connectivity index (χ1n) is 10.2. The van der Waals surface area contributed by atoms with E-state index in [1.165, 1.54) is 5.56 Å². The number of pyridine rings is 1. The van der Waals surface area contributed by atoms with Crippen molar-refractivity contribution >= 4 is 0 Å². The van der Waals surface area contributed by atoms with Crippen LogP contribution in [0.5, 0.6) is 0 Å². The van der Waals surface area contributed by atoms with Crippen LogP contribution < -0.4 is 11.2 Å². The van der Waals surface area contributed by atoms with Gasteiger partial charge in [-0.25, -0.2) is 4.79 Å². The normalized spacial score (nSPS) is 19.3. The maximum atomic E-state index is 13.0. The minimum atomic E-state index is -4.49. The van der Waals surface area contributed by atoms with Crippen molar-refractivity contribution in [2.75, 3.05) is 0 Å². The average Bonchev–Trinajstić information content (AvgIpc) is 2.76. The van der Waals surface area contributed by atoms with Gasteiger partial charge in [0, 0.05) is 29.6 Å². The summed E-state index contributed by atoms with van der Waals surface area (Å²) in [5, 5.41) is 0. The van der Waals surface area contributed by atoms with Gasteiger partial charge in [0.1, 0.15) is 0 Å². The third-order valence-electron chi connectivity index (χ3n) is 5.98. The van der Waals surface area contributed by atoms with Crippen LogP contribution in [-0.4, -0.2) is 15.0 Å². The molecule has 0 saturated heterocycles. The van der Waals surface area contributed by atoms with Gasteiger partial charge < -0.3 is 4.98 Å². The van der Waals surface area contributed by atoms with Gasteiger partial charge in [-0.15, -0.1) is 0 Å². The number of hydrogen-bond donors (Lipinski definition) is 2. The topological polar surface area (TPSA) is 78.6 Å². The monoisotopic (exact) mass is 429 g/mol. The molecule has 0 unspecified atom stereocenters. The Morgan fingerprint density at radius 3 is 2.29 bits per heavy atom. The molecule has 1 aliphatic rings. The van der Waals surface area contributed by atoms with E-state index in [1.54, 1.807) is 0 Å². The smallest absolute Gasteiger partial charge is 0.311 e. The molecular weight excluding hydrogens is 407 g/mol. The number of aromatic nitrogens is 3. The molecule has 2 heterocycles. The Morgan fingerprint density at radius 2 is 1.61 bits per heavy atom. The summed E-state index contributed by atoms with van der Waals surface area (Å²) in [4.78, 5) is 33.5. The third-order valence-corrected chi connectivity index (χ3v) is 5.98. The maximum absolute atomic E-state index is 13.0. The van der Waals surface area contributed by atoms with Gasteiger partial charge in [0.05, 0.1) is 5.56 Å². The van der Waals surface area contributed by atoms with Crippen molar-refractivity contribution in [3.63, 3.8) is 0 Å². The minimum absolute atomic E-state index is 0.0317. The molecule has 0 atom stereocenters. The van der Waals surface area contributed by atoms with Crippen LogP contribution in [0.15, 0.2) is 58.3 Å². The Hall–Kier alpha value is -3.16. The molecule has 4 rings (SSSR count). The first-order chi connectivity index (χ1) is 14.8. The van der Waals surface area contributed by atoms with Gasteiger partial charge in [0.15, 0.2) is 0 Å². The number of alkyl halides is 3. The summed E-state index contributed by atoms with van der Waals surface area (Å²) in [5.41, 5.74) is 0.187. The number of nitrogens with one attached hydrogen (secondary N) is 2. The Labute approximate surface area is 176 Å². The van der Waals surface area contributed by atoms with E-state index in [1.807, 2.05) is 18.2 Å². The first kappa shape index (κ1) is 21.1. The Bertz CT molecular complexity index is 1160. The molecule has 0 spiro atoms. The van der Waals surface area contributed by atoms with Crippen molar-refractivity contribution in [2.45, 2.75) is 50.1 Å². The fourth-order valence-electron chi connectivity index (χ4n) is 4.43. The lowest BCUT2D eigenvalue weighted by molar-refractivity contribution is -0.137. The lowest BCUT2D eigenvalue weighted by Gasteiger charge is -2.29. The Balaban J connectivity index is 1.60. The molecule has 1 fully saturated rings. The second kappa shape index (κ2) is 8.53. The Morgan fingerprint density at radius 1 is 0.935 bits per heavy atom. The van der Waals surface area contributed by atoms with Crippen molar-refractivity contribution in [3.8, 4) is 0 Å². The summed E-state index contributed by atoms with van der Waals surface area (Å²) < 4.78 is 39.1. The van der Waals surface area contributed by atoms with Gasteiger partial charge in [-0.3, -0.25) is 14.8 Å². The highest BCUT2D eigenvalue weighted by atomic mass is 19.4. The number of hydrogen-bond acceptors (Lipinski definition) is 3. The van der Waals surface area contributed by atoms with E-state index in [0.29, 0.717) is 11.6 Å². The molecule has 3 aromatic rings. The van der Waals surface area contributed by atoms with Crippen LogP contribution in [0.4, 0.5) is 13.2 Å². The number of nitrogens with zero attached hydrogens (tertiary/aromatic N) is 1. The van der Waals surface area contributed by atoms with Gasteiger partial charge in [-0.1, -0.05) is 30.3 Å². The maximum Gasteiger partial charge on any atom is 0.416 e. The van der Waals surface area contributed by atoms with Crippen molar-refractivity contribution in [3.05, 3.63) is 97.6 Å². The second-order valence-electron chi connectivity index (χ2n) is 7.97. The molecule has 0 radical (unpaired) electrons. The SMILES string of the molecule is O=c1[nH]c(=O)c(Cc2cc(C(F)(F)F)ccn2)c([C@H]2CC[C@H](c3ccccc3)CC2)[nH]1. The van der Waals surface area contributed by atoms with Crippen LogP contribution in [-0.2, 0) is 12.6 Å². The van der Waals surface area contributed by atoms with Crippen molar-refractivity contribution in [1.29, 1.82) is 0 Å². The molecule has 31 heavy (non-hydrogen) atoms. The molecule has 162 valence electrons. The van der Waals surface area contributed by atoms with Gasteiger partial charge in [0.25, 0.3) is 5.56 Å². The molecule has 0 bridgehead atoms. The van der Waals surface area contributed by atoms with Crippen LogP contribution in [0.1, 0.15) is 65.6 Å². The highest BCUT2D eigenvalue weighted by Gasteiger charge is 2.31. The summed E-state index contributed by atoms with van der Waals surface area (Å²) >= 11 is 0. The summed E-state index contributed by atoms with van der Waals surface area (Å²) in [6, 6.07) is 12.0. The second-order valence-corrected chi connectivity index (χ2v) is 7.97. The highest BCUT2D eigenvalue weighted by molar-refractivity contribution is 5.29. The number of rotatable bonds is 4. The van der Waals surface area contributed by atoms with Gasteiger partial charge >= 0.3 is 11.9 Å². The summed E-state index contributed by atoms with van der Waals surface area (Å²) in [7, 11) is 0. The average molecular weight is 429 g/mol. The molecule has 2 aromatic heterocycles. The number of benzene rings is 1. The molecular formula is C23H22F3N3O2. The zero-order chi connectivity index (χ0) is 22.0. The van der Waals surface area contributed by atoms with Gasteiger partial charge in [-0.05, 0) is 55.2 Å². The Kier molecular flexibility index (Phi) is 5.80. The zero-order valence-corrected chi connectivity index (χ0v) is 16.7. The molecule has 1 aliphatic carbocycles. The molecule has 5 nitrogen and oxygen atoms in total. The molecule has 1 aromatic carbocycles. The lowest BCUT2D eigenvalue weighted by atomic mass is 9.76. The van der Waals surface area contributed by atoms with Crippen molar-refractivity contribution < 1.29 is 13.2 Å². The number of H-pyrrole nitrogens is 2. The van der Waals surface area contributed by atoms with Crippen LogP contribution in [0, 0.1) is 0 Å². The lowest BCUT2D eigenvalue weighted by Crippen LogP contribution is -2.30. The van der Waals surface area contributed by atoms with Gasteiger partial charge in [0.2, 0.25) is 0 Å². The summed E-state index contributed by atoms with van der Waals surface area (Å²) in [6.45, 7) is 0. The van der Waals surface area contributed by atoms with E-state index in [-0.39, 0.29) is 23.6 Å². The van der Waals surface area contributed by atoms with Crippen LogP contribution in [0.25, 0.3) is 0 Å². The predicted molar refractivity (Wildman–Crippen MR) is 110 cm³/mol. The highest BCUT2D eigenvalue weighted by Crippen LogP contribution is 2.40. The summed E-state index contributed by atoms with van der Waals surface area (Å²) in [6.07, 6.45) is -0.111. The van der Waals surface area contributed by atoms with E-state index in [0.717, 1.165) is 44.0 Å². The summed E-state index contributed by atoms with van der Waals surface area (Å²) in [5.74, 6) is 0.385. The zero-order valence-electron chi connectivity index (χ0n) is 16.7. The van der Waals surface area contributed by atoms with Crippen LogP contribution in [0.3, 0.4) is 0 Å². The molecule has 1 saturated carbocycles. The minimum Gasteiger partial charge on any atom is -0.311 e. The van der Waals surface area contributed by atoms with Crippen LogP contribution in [0.2, 0.25) is 0 Å². The predicted octanol–water partition coefficient (Wildman–Crippen LogP) is 4.51. The number of aromatic amines is 2. The van der Waals surface area contributed by atoms with Crippen molar-refractivity contribution in [2.24, 2.45) is 0 Å². The molecule has 0 amide bonds. The standard InChI is InChI=1S/C23H22F3N3O2/c24-23(25,26)17-10-11-27-18(12-17)13-19-20(28-22(31)29-21(19)30)16-8-6-15(7-9-16)14-4-2-1-3-5-14/h1-5,10-12,15-16H,6-9,13H2,(H2,28,29,30,31)/t15-,16-. The van der Waals surface area contributed by atoms with Gasteiger partial charge in [-0.2, -0.15) is 13.2 Å². The molecule has 0 aliphatic heterocycles. The molecule has 8 heteroatoms. The van der Waals surface area contributed by atoms with E-state index in [4.69, 9.17) is 0 Å². The van der Waals surface area contributed by atoms with Crippen LogP contribution >= 0.6 is 0 Å². The van der Waals surface area contributed by atoms with E-state index in [2.05, 4.69) is 27.1 Å². The molecule has 2 N–H and O–H groups in total. The fraction of sp³-hybridized carbons (Fsp3) is 0.348. The fourth-order valence-corrected chi connectivity index (χ4v) is 4.43. The van der Waals surface area contributed by atoms with Crippen molar-refractivity contribution in [1.82, 2.24) is 15.0 Å². The largest absolute Gasteiger partial charge is 0.416 e. The van der Waals surface area contributed by atoms with E-state index in [9.17, 15) is 22.8 Å². The number of halogens is 3. The van der Waals surface area contributed by atoms with E-state index < -0.39 is 23.0 Å². The quantitative estimate of drug-likeness (QED) is 0.641.